The molecule has 0 aromatic heterocycles. The second-order valence-corrected chi connectivity index (χ2v) is 2.08. The van der Waals surface area contributed by atoms with Crippen molar-refractivity contribution in [2.45, 2.75) is 13.3 Å². The largest absolute Gasteiger partial charge is 0.355 e. The molecule has 0 saturated heterocycles. The summed E-state index contributed by atoms with van der Waals surface area (Å²) in [4.78, 5) is 10.8. The molecule has 0 saturated carbocycles. The van der Waals surface area contributed by atoms with Crippen LogP contribution in [0.25, 0.3) is 0 Å². The van der Waals surface area contributed by atoms with E-state index in [4.69, 9.17) is 6.42 Å². The molecule has 0 aromatic rings. The highest BCUT2D eigenvalue weighted by Crippen LogP contribution is 1.69. The van der Waals surface area contributed by atoms with Crippen molar-refractivity contribution >= 4 is 5.91 Å². The van der Waals surface area contributed by atoms with E-state index in [2.05, 4.69) is 16.6 Å². The topological polar surface area (TPSA) is 41.1 Å². The van der Waals surface area contributed by atoms with Crippen LogP contribution in [0.2, 0.25) is 0 Å². The minimum Gasteiger partial charge on any atom is -0.355 e. The molecule has 0 aliphatic heterocycles. The Morgan fingerprint density at radius 3 is 2.91 bits per heavy atom. The second kappa shape index (κ2) is 7.10. The van der Waals surface area contributed by atoms with Crippen LogP contribution in [0, 0.1) is 12.3 Å². The first-order valence-corrected chi connectivity index (χ1v) is 3.72. The molecule has 3 heteroatoms. The first kappa shape index (κ1) is 9.99. The average Bonchev–Trinajstić information content (AvgIpc) is 1.99. The summed E-state index contributed by atoms with van der Waals surface area (Å²) in [5, 5.41) is 5.59. The molecule has 0 rings (SSSR count). The van der Waals surface area contributed by atoms with Crippen molar-refractivity contribution in [2.75, 3.05) is 19.6 Å². The van der Waals surface area contributed by atoms with Gasteiger partial charge in [0, 0.05) is 19.5 Å². The molecule has 3 nitrogen and oxygen atoms in total. The Bertz CT molecular complexity index is 149. The molecule has 0 bridgehead atoms. The molecule has 0 aliphatic carbocycles. The third-order valence-corrected chi connectivity index (χ3v) is 1.11. The molecule has 0 spiro atoms. The summed E-state index contributed by atoms with van der Waals surface area (Å²) >= 11 is 0. The molecule has 2 N–H and O–H groups in total. The Hall–Kier alpha value is -1.01. The number of likely N-dealkylation sites (N-methyl/N-ethyl adjacent to an activating group) is 1. The van der Waals surface area contributed by atoms with Gasteiger partial charge in [0.1, 0.15) is 0 Å². The van der Waals surface area contributed by atoms with Crippen molar-refractivity contribution < 1.29 is 4.79 Å². The van der Waals surface area contributed by atoms with E-state index in [1.807, 2.05) is 6.92 Å². The zero-order valence-electron chi connectivity index (χ0n) is 6.81. The number of hydrogen-bond acceptors (Lipinski definition) is 2. The van der Waals surface area contributed by atoms with Crippen LogP contribution in [0.5, 0.6) is 0 Å². The van der Waals surface area contributed by atoms with Gasteiger partial charge in [-0.25, -0.2) is 0 Å². The summed E-state index contributed by atoms with van der Waals surface area (Å²) in [6.45, 7) is 3.62. The normalized spacial score (nSPS) is 8.73. The van der Waals surface area contributed by atoms with E-state index in [1.54, 1.807) is 0 Å². The summed E-state index contributed by atoms with van der Waals surface area (Å²) in [7, 11) is 0. The van der Waals surface area contributed by atoms with Crippen LogP contribution in [0.4, 0.5) is 0 Å². The van der Waals surface area contributed by atoms with Crippen molar-refractivity contribution in [1.29, 1.82) is 0 Å². The molecule has 1 amide bonds. The van der Waals surface area contributed by atoms with E-state index in [0.717, 1.165) is 0 Å². The Morgan fingerprint density at radius 1 is 1.64 bits per heavy atom. The average molecular weight is 154 g/mol. The molecule has 0 radical (unpaired) electrons. The standard InChI is InChI=1S/C8H14N2O/c1-3-5-6-9-7-8(11)10-4-2/h1,9H,4-7H2,2H3,(H,10,11). The number of nitrogens with one attached hydrogen (secondary N) is 2. The number of terminal acetylenes is 1. The van der Waals surface area contributed by atoms with Crippen molar-refractivity contribution in [3.63, 3.8) is 0 Å². The number of rotatable bonds is 5. The highest BCUT2D eigenvalue weighted by molar-refractivity contribution is 5.77. The van der Waals surface area contributed by atoms with Crippen LogP contribution in [0.1, 0.15) is 13.3 Å². The van der Waals surface area contributed by atoms with Gasteiger partial charge in [0.25, 0.3) is 0 Å². The van der Waals surface area contributed by atoms with E-state index < -0.39 is 0 Å². The van der Waals surface area contributed by atoms with Crippen molar-refractivity contribution in [3.05, 3.63) is 0 Å². The van der Waals surface area contributed by atoms with Gasteiger partial charge in [-0.3, -0.25) is 4.79 Å². The van der Waals surface area contributed by atoms with Crippen LogP contribution < -0.4 is 10.6 Å². The maximum atomic E-state index is 10.8. The molecule has 0 aliphatic rings. The van der Waals surface area contributed by atoms with Gasteiger partial charge in [-0.2, -0.15) is 0 Å². The SMILES string of the molecule is C#CCCNCC(=O)NCC. The Balaban J connectivity index is 3.12. The van der Waals surface area contributed by atoms with Gasteiger partial charge in [0.05, 0.1) is 6.54 Å². The molecule has 0 heterocycles. The van der Waals surface area contributed by atoms with Gasteiger partial charge in [-0.15, -0.1) is 12.3 Å². The van der Waals surface area contributed by atoms with E-state index >= 15 is 0 Å². The van der Waals surface area contributed by atoms with Gasteiger partial charge in [-0.05, 0) is 6.92 Å². The van der Waals surface area contributed by atoms with E-state index in [1.165, 1.54) is 0 Å². The fourth-order valence-corrected chi connectivity index (χ4v) is 0.622. The maximum Gasteiger partial charge on any atom is 0.233 e. The van der Waals surface area contributed by atoms with Crippen molar-refractivity contribution in [2.24, 2.45) is 0 Å². The quantitative estimate of drug-likeness (QED) is 0.423. The Kier molecular flexibility index (Phi) is 6.45. The molecule has 62 valence electrons. The summed E-state index contributed by atoms with van der Waals surface area (Å²) in [6, 6.07) is 0. The van der Waals surface area contributed by atoms with Gasteiger partial charge >= 0.3 is 0 Å². The summed E-state index contributed by atoms with van der Waals surface area (Å²) in [5.41, 5.74) is 0. The monoisotopic (exact) mass is 154 g/mol. The fraction of sp³-hybridized carbons (Fsp3) is 0.625. The number of hydrogen-bond donors (Lipinski definition) is 2. The molecule has 0 fully saturated rings. The van der Waals surface area contributed by atoms with Crippen LogP contribution in [-0.2, 0) is 4.79 Å². The zero-order valence-corrected chi connectivity index (χ0v) is 6.81. The number of carbonyl (C=O) groups is 1. The molecule has 0 atom stereocenters. The highest BCUT2D eigenvalue weighted by Gasteiger charge is 1.95. The van der Waals surface area contributed by atoms with Gasteiger partial charge in [0.2, 0.25) is 5.91 Å². The first-order valence-electron chi connectivity index (χ1n) is 3.72. The number of carbonyl (C=O) groups excluding carboxylic acids is 1. The van der Waals surface area contributed by atoms with Crippen LogP contribution in [0.15, 0.2) is 0 Å². The third kappa shape index (κ3) is 6.88. The smallest absolute Gasteiger partial charge is 0.233 e. The zero-order chi connectivity index (χ0) is 8.53. The summed E-state index contributed by atoms with van der Waals surface area (Å²) < 4.78 is 0. The van der Waals surface area contributed by atoms with Crippen molar-refractivity contribution in [3.8, 4) is 12.3 Å². The predicted octanol–water partition coefficient (Wildman–Crippen LogP) is -0.265. The van der Waals surface area contributed by atoms with Crippen molar-refractivity contribution in [1.82, 2.24) is 10.6 Å². The summed E-state index contributed by atoms with van der Waals surface area (Å²) in [5.74, 6) is 2.50. The minimum atomic E-state index is 0.0181. The minimum absolute atomic E-state index is 0.0181. The van der Waals surface area contributed by atoms with Gasteiger partial charge < -0.3 is 10.6 Å². The third-order valence-electron chi connectivity index (χ3n) is 1.11. The first-order chi connectivity index (χ1) is 5.31. The van der Waals surface area contributed by atoms with Gasteiger partial charge in [0.15, 0.2) is 0 Å². The Morgan fingerprint density at radius 2 is 2.36 bits per heavy atom. The predicted molar refractivity (Wildman–Crippen MR) is 45.0 cm³/mol. The van der Waals surface area contributed by atoms with E-state index in [-0.39, 0.29) is 5.91 Å². The second-order valence-electron chi connectivity index (χ2n) is 2.08. The molecular formula is C8H14N2O. The lowest BCUT2D eigenvalue weighted by atomic mass is 10.4. The summed E-state index contributed by atoms with van der Waals surface area (Å²) in [6.07, 6.45) is 5.68. The molecular weight excluding hydrogens is 140 g/mol. The lowest BCUT2D eigenvalue weighted by molar-refractivity contribution is -0.120. The Labute approximate surface area is 67.6 Å². The lowest BCUT2D eigenvalue weighted by Crippen LogP contribution is -2.33. The van der Waals surface area contributed by atoms with E-state index in [9.17, 15) is 4.79 Å². The van der Waals surface area contributed by atoms with Crippen LogP contribution in [0.3, 0.4) is 0 Å². The van der Waals surface area contributed by atoms with Crippen LogP contribution >= 0.6 is 0 Å². The molecule has 0 unspecified atom stereocenters. The van der Waals surface area contributed by atoms with E-state index in [0.29, 0.717) is 26.1 Å². The van der Waals surface area contributed by atoms with Crippen LogP contribution in [-0.4, -0.2) is 25.5 Å². The molecule has 0 aromatic carbocycles. The highest BCUT2D eigenvalue weighted by atomic mass is 16.1. The van der Waals surface area contributed by atoms with Gasteiger partial charge in [-0.1, -0.05) is 0 Å². The number of amides is 1. The lowest BCUT2D eigenvalue weighted by Gasteiger charge is -2.01. The maximum absolute atomic E-state index is 10.8. The molecule has 11 heavy (non-hydrogen) atoms. The fourth-order valence-electron chi connectivity index (χ4n) is 0.622.